The number of ether oxygens (including phenoxy) is 1. The van der Waals surface area contributed by atoms with E-state index >= 15 is 0 Å². The Morgan fingerprint density at radius 2 is 2.04 bits per heavy atom. The van der Waals surface area contributed by atoms with Gasteiger partial charge in [-0.25, -0.2) is 0 Å². The van der Waals surface area contributed by atoms with E-state index in [-0.39, 0.29) is 29.4 Å². The van der Waals surface area contributed by atoms with Crippen LogP contribution in [0.1, 0.15) is 66.2 Å². The molecule has 2 rings (SSSR count). The van der Waals surface area contributed by atoms with Gasteiger partial charge in [-0.2, -0.15) is 0 Å². The van der Waals surface area contributed by atoms with Gasteiger partial charge >= 0.3 is 0 Å². The van der Waals surface area contributed by atoms with Crippen LogP contribution in [0.5, 0.6) is 0 Å². The standard InChI is InChI=1S/C18H35N3O.HI/c1-6-7-8-9-10-13(2)20-17(19-5)21-15-14-11-12-22-16(14)18(15,3)4;/h13-16H,6-12H2,1-5H3,(H2,19,20,21);1H. The van der Waals surface area contributed by atoms with Crippen LogP contribution >= 0.6 is 24.0 Å². The first-order valence-corrected chi connectivity index (χ1v) is 9.12. The van der Waals surface area contributed by atoms with Gasteiger partial charge < -0.3 is 15.4 Å². The highest BCUT2D eigenvalue weighted by Gasteiger charge is 2.59. The minimum absolute atomic E-state index is 0. The average molecular weight is 437 g/mol. The van der Waals surface area contributed by atoms with Crippen LogP contribution in [0.3, 0.4) is 0 Å². The molecule has 1 saturated carbocycles. The van der Waals surface area contributed by atoms with Crippen molar-refractivity contribution in [1.29, 1.82) is 0 Å². The lowest BCUT2D eigenvalue weighted by molar-refractivity contribution is -0.106. The van der Waals surface area contributed by atoms with Gasteiger partial charge in [-0.1, -0.05) is 46.5 Å². The van der Waals surface area contributed by atoms with Crippen LogP contribution in [0.25, 0.3) is 0 Å². The van der Waals surface area contributed by atoms with E-state index in [1.807, 2.05) is 7.05 Å². The first-order chi connectivity index (χ1) is 10.5. The molecule has 0 bridgehead atoms. The van der Waals surface area contributed by atoms with Crippen LogP contribution in [0.4, 0.5) is 0 Å². The minimum atomic E-state index is 0. The van der Waals surface area contributed by atoms with E-state index < -0.39 is 0 Å². The second-order valence-electron chi connectivity index (χ2n) is 7.65. The van der Waals surface area contributed by atoms with Gasteiger partial charge in [-0.05, 0) is 19.8 Å². The summed E-state index contributed by atoms with van der Waals surface area (Å²) in [6.07, 6.45) is 8.09. The lowest BCUT2D eigenvalue weighted by atomic mass is 9.57. The first kappa shape index (κ1) is 21.0. The van der Waals surface area contributed by atoms with Crippen molar-refractivity contribution < 1.29 is 4.74 Å². The minimum Gasteiger partial charge on any atom is -0.377 e. The van der Waals surface area contributed by atoms with Crippen LogP contribution < -0.4 is 10.6 Å². The van der Waals surface area contributed by atoms with Gasteiger partial charge in [0, 0.05) is 37.1 Å². The number of rotatable bonds is 7. The SMILES string of the molecule is CCCCCCC(C)NC(=NC)NC1C2CCOC2C1(C)C.I. The number of halogens is 1. The molecule has 4 unspecified atom stereocenters. The number of aliphatic imine (C=N–C) groups is 1. The van der Waals surface area contributed by atoms with Crippen LogP contribution in [-0.2, 0) is 4.74 Å². The number of hydrogen-bond acceptors (Lipinski definition) is 2. The summed E-state index contributed by atoms with van der Waals surface area (Å²) in [6.45, 7) is 10.0. The summed E-state index contributed by atoms with van der Waals surface area (Å²) in [5.41, 5.74) is 0.198. The average Bonchev–Trinajstić information content (AvgIpc) is 2.94. The maximum absolute atomic E-state index is 5.87. The molecular formula is C18H36IN3O. The molecule has 4 nitrogen and oxygen atoms in total. The molecule has 0 radical (unpaired) electrons. The molecule has 1 aliphatic heterocycles. The van der Waals surface area contributed by atoms with Crippen LogP contribution in [-0.4, -0.2) is 37.8 Å². The van der Waals surface area contributed by atoms with E-state index in [9.17, 15) is 0 Å². The highest BCUT2D eigenvalue weighted by Crippen LogP contribution is 2.52. The fourth-order valence-electron chi connectivity index (χ4n) is 4.12. The Morgan fingerprint density at radius 3 is 2.70 bits per heavy atom. The van der Waals surface area contributed by atoms with E-state index in [0.29, 0.717) is 24.1 Å². The van der Waals surface area contributed by atoms with E-state index in [2.05, 4.69) is 43.3 Å². The Kier molecular flexibility index (Phi) is 8.63. The Balaban J connectivity index is 0.00000264. The van der Waals surface area contributed by atoms with Crippen LogP contribution in [0.2, 0.25) is 0 Å². The van der Waals surface area contributed by atoms with Crippen molar-refractivity contribution in [2.45, 2.75) is 84.4 Å². The van der Waals surface area contributed by atoms with Gasteiger partial charge in [0.05, 0.1) is 6.10 Å². The van der Waals surface area contributed by atoms with Crippen molar-refractivity contribution in [3.8, 4) is 0 Å². The number of nitrogens with one attached hydrogen (secondary N) is 2. The largest absolute Gasteiger partial charge is 0.377 e. The van der Waals surface area contributed by atoms with Crippen molar-refractivity contribution >= 4 is 29.9 Å². The molecule has 1 aliphatic carbocycles. The van der Waals surface area contributed by atoms with E-state index in [1.54, 1.807) is 0 Å². The smallest absolute Gasteiger partial charge is 0.191 e. The molecule has 0 spiro atoms. The number of nitrogens with zero attached hydrogens (tertiary/aromatic N) is 1. The molecule has 2 aliphatic rings. The zero-order chi connectivity index (χ0) is 16.2. The molecule has 2 fully saturated rings. The van der Waals surface area contributed by atoms with Gasteiger partial charge in [-0.3, -0.25) is 4.99 Å². The third-order valence-electron chi connectivity index (χ3n) is 5.49. The maximum atomic E-state index is 5.87. The topological polar surface area (TPSA) is 45.7 Å². The third kappa shape index (κ3) is 4.97. The van der Waals surface area contributed by atoms with Crippen molar-refractivity contribution in [2.75, 3.05) is 13.7 Å². The highest BCUT2D eigenvalue weighted by molar-refractivity contribution is 14.0. The number of fused-ring (bicyclic) bond motifs is 1. The zero-order valence-corrected chi connectivity index (χ0v) is 17.9. The molecule has 5 heteroatoms. The Bertz CT molecular complexity index is 386. The van der Waals surface area contributed by atoms with E-state index in [1.165, 1.54) is 38.5 Å². The zero-order valence-electron chi connectivity index (χ0n) is 15.5. The fourth-order valence-corrected chi connectivity index (χ4v) is 4.12. The Labute approximate surface area is 159 Å². The summed E-state index contributed by atoms with van der Waals surface area (Å²) in [4.78, 5) is 4.43. The van der Waals surface area contributed by atoms with Gasteiger partial charge in [0.1, 0.15) is 0 Å². The molecule has 2 N–H and O–H groups in total. The fraction of sp³-hybridized carbons (Fsp3) is 0.944. The summed E-state index contributed by atoms with van der Waals surface area (Å²) in [6, 6.07) is 0.945. The lowest BCUT2D eigenvalue weighted by Gasteiger charge is -2.55. The lowest BCUT2D eigenvalue weighted by Crippen LogP contribution is -2.68. The highest BCUT2D eigenvalue weighted by atomic mass is 127. The first-order valence-electron chi connectivity index (χ1n) is 9.12. The molecule has 4 atom stereocenters. The van der Waals surface area contributed by atoms with Gasteiger partial charge in [-0.15, -0.1) is 24.0 Å². The molecular weight excluding hydrogens is 401 g/mol. The van der Waals surface area contributed by atoms with Gasteiger partial charge in [0.2, 0.25) is 0 Å². The second kappa shape index (κ2) is 9.44. The monoisotopic (exact) mass is 437 g/mol. The third-order valence-corrected chi connectivity index (χ3v) is 5.49. The molecule has 1 saturated heterocycles. The van der Waals surface area contributed by atoms with Gasteiger partial charge in [0.25, 0.3) is 0 Å². The molecule has 0 aromatic carbocycles. The molecule has 136 valence electrons. The summed E-state index contributed by atoms with van der Waals surface area (Å²) < 4.78 is 5.87. The summed E-state index contributed by atoms with van der Waals surface area (Å²) >= 11 is 0. The van der Waals surface area contributed by atoms with Crippen molar-refractivity contribution in [3.05, 3.63) is 0 Å². The van der Waals surface area contributed by atoms with Crippen molar-refractivity contribution in [1.82, 2.24) is 10.6 Å². The molecule has 1 heterocycles. The number of hydrogen-bond donors (Lipinski definition) is 2. The maximum Gasteiger partial charge on any atom is 0.191 e. The van der Waals surface area contributed by atoms with Crippen LogP contribution in [0.15, 0.2) is 4.99 Å². The molecule has 0 amide bonds. The summed E-state index contributed by atoms with van der Waals surface area (Å²) in [5, 5.41) is 7.21. The normalized spacial score (nSPS) is 30.0. The predicted octanol–water partition coefficient (Wildman–Crippen LogP) is 3.94. The van der Waals surface area contributed by atoms with E-state index in [4.69, 9.17) is 4.74 Å². The Hall–Kier alpha value is -0.0400. The number of unbranched alkanes of at least 4 members (excludes halogenated alkanes) is 3. The summed E-state index contributed by atoms with van der Waals surface area (Å²) in [5.74, 6) is 1.60. The van der Waals surface area contributed by atoms with Crippen molar-refractivity contribution in [2.24, 2.45) is 16.3 Å². The van der Waals surface area contributed by atoms with Crippen molar-refractivity contribution in [3.63, 3.8) is 0 Å². The second-order valence-corrected chi connectivity index (χ2v) is 7.65. The molecule has 0 aromatic heterocycles. The van der Waals surface area contributed by atoms with Gasteiger partial charge in [0.15, 0.2) is 5.96 Å². The molecule has 0 aromatic rings. The van der Waals surface area contributed by atoms with E-state index in [0.717, 1.165) is 12.6 Å². The Morgan fingerprint density at radius 1 is 1.30 bits per heavy atom. The quantitative estimate of drug-likeness (QED) is 0.275. The molecule has 23 heavy (non-hydrogen) atoms. The van der Waals surface area contributed by atoms with Crippen LogP contribution in [0, 0.1) is 11.3 Å². The summed E-state index contributed by atoms with van der Waals surface area (Å²) in [7, 11) is 1.87. The number of guanidine groups is 1. The predicted molar refractivity (Wildman–Crippen MR) is 109 cm³/mol.